The Balaban J connectivity index is 3.73. The van der Waals surface area contributed by atoms with Crippen molar-refractivity contribution in [2.45, 2.75) is 40.0 Å². The van der Waals surface area contributed by atoms with Gasteiger partial charge in [-0.05, 0) is 12.5 Å². The smallest absolute Gasteiger partial charge is 0.121 e. The summed E-state index contributed by atoms with van der Waals surface area (Å²) < 4.78 is 0. The molecule has 0 atom stereocenters. The number of carbonyl (C=O) groups is 1. The lowest BCUT2D eigenvalue weighted by molar-refractivity contribution is -0.108. The molecule has 0 fully saturated rings. The molecule has 13 heavy (non-hydrogen) atoms. The zero-order valence-electron chi connectivity index (χ0n) is 9.25. The van der Waals surface area contributed by atoms with Crippen LogP contribution in [-0.2, 0) is 4.79 Å². The van der Waals surface area contributed by atoms with Crippen molar-refractivity contribution >= 4 is 6.29 Å². The first kappa shape index (κ1) is 12.6. The Hall–Kier alpha value is -0.370. The SMILES string of the molecule is CCC(CC)CN(CC)CCC=O. The Morgan fingerprint density at radius 3 is 2.23 bits per heavy atom. The van der Waals surface area contributed by atoms with E-state index in [0.717, 1.165) is 31.8 Å². The molecular weight excluding hydrogens is 162 g/mol. The maximum absolute atomic E-state index is 10.2. The van der Waals surface area contributed by atoms with Gasteiger partial charge in [-0.25, -0.2) is 0 Å². The first-order valence-electron chi connectivity index (χ1n) is 5.44. The molecule has 0 aromatic heterocycles. The van der Waals surface area contributed by atoms with Crippen molar-refractivity contribution in [1.29, 1.82) is 0 Å². The third kappa shape index (κ3) is 5.81. The molecule has 0 aromatic rings. The van der Waals surface area contributed by atoms with E-state index >= 15 is 0 Å². The highest BCUT2D eigenvalue weighted by Gasteiger charge is 2.08. The number of carbonyl (C=O) groups excluding carboxylic acids is 1. The minimum Gasteiger partial charge on any atom is -0.303 e. The van der Waals surface area contributed by atoms with Crippen LogP contribution < -0.4 is 0 Å². The highest BCUT2D eigenvalue weighted by atomic mass is 16.1. The molecule has 0 unspecified atom stereocenters. The van der Waals surface area contributed by atoms with E-state index in [0.29, 0.717) is 6.42 Å². The van der Waals surface area contributed by atoms with Gasteiger partial charge in [0.15, 0.2) is 0 Å². The quantitative estimate of drug-likeness (QED) is 0.541. The predicted octanol–water partition coefficient (Wildman–Crippen LogP) is 2.33. The standard InChI is InChI=1S/C11H23NO/c1-4-11(5-2)10-12(6-3)8-7-9-13/h9,11H,4-8,10H2,1-3H3. The third-order valence-corrected chi connectivity index (χ3v) is 2.68. The van der Waals surface area contributed by atoms with E-state index in [9.17, 15) is 4.79 Å². The normalized spacial score (nSPS) is 11.2. The summed E-state index contributed by atoms with van der Waals surface area (Å²) in [5.41, 5.74) is 0. The molecule has 0 amide bonds. The Kier molecular flexibility index (Phi) is 8.00. The van der Waals surface area contributed by atoms with Crippen LogP contribution >= 0.6 is 0 Å². The van der Waals surface area contributed by atoms with Gasteiger partial charge in [-0.3, -0.25) is 0 Å². The lowest BCUT2D eigenvalue weighted by Crippen LogP contribution is -2.30. The van der Waals surface area contributed by atoms with Crippen LogP contribution in [0.5, 0.6) is 0 Å². The molecule has 0 heterocycles. The highest BCUT2D eigenvalue weighted by Crippen LogP contribution is 2.09. The highest BCUT2D eigenvalue weighted by molar-refractivity contribution is 5.49. The largest absolute Gasteiger partial charge is 0.303 e. The first-order valence-corrected chi connectivity index (χ1v) is 5.44. The minimum atomic E-state index is 0.675. The molecule has 0 spiro atoms. The molecule has 78 valence electrons. The molecule has 0 bridgehead atoms. The van der Waals surface area contributed by atoms with Crippen LogP contribution in [0.3, 0.4) is 0 Å². The summed E-state index contributed by atoms with van der Waals surface area (Å²) in [5, 5.41) is 0. The zero-order chi connectivity index (χ0) is 10.1. The fourth-order valence-electron chi connectivity index (χ4n) is 1.53. The monoisotopic (exact) mass is 185 g/mol. The average molecular weight is 185 g/mol. The third-order valence-electron chi connectivity index (χ3n) is 2.68. The molecule has 0 aliphatic heterocycles. The summed E-state index contributed by atoms with van der Waals surface area (Å²) >= 11 is 0. The van der Waals surface area contributed by atoms with Gasteiger partial charge in [0.25, 0.3) is 0 Å². The van der Waals surface area contributed by atoms with E-state index in [1.54, 1.807) is 0 Å². The van der Waals surface area contributed by atoms with Crippen LogP contribution in [0.25, 0.3) is 0 Å². The second-order valence-electron chi connectivity index (χ2n) is 3.53. The molecule has 0 aromatic carbocycles. The second-order valence-corrected chi connectivity index (χ2v) is 3.53. The fraction of sp³-hybridized carbons (Fsp3) is 0.909. The van der Waals surface area contributed by atoms with Gasteiger partial charge in [-0.1, -0.05) is 33.6 Å². The van der Waals surface area contributed by atoms with E-state index in [1.807, 2.05) is 0 Å². The van der Waals surface area contributed by atoms with Gasteiger partial charge in [-0.15, -0.1) is 0 Å². The zero-order valence-corrected chi connectivity index (χ0v) is 9.25. The van der Waals surface area contributed by atoms with Crippen LogP contribution in [-0.4, -0.2) is 30.8 Å². The lowest BCUT2D eigenvalue weighted by Gasteiger charge is -2.24. The molecular formula is C11H23NO. The van der Waals surface area contributed by atoms with Crippen molar-refractivity contribution in [2.24, 2.45) is 5.92 Å². The molecule has 0 aliphatic carbocycles. The Bertz CT molecular complexity index is 121. The van der Waals surface area contributed by atoms with Gasteiger partial charge in [0.1, 0.15) is 6.29 Å². The lowest BCUT2D eigenvalue weighted by atomic mass is 10.0. The number of aldehydes is 1. The van der Waals surface area contributed by atoms with E-state index in [2.05, 4.69) is 25.7 Å². The van der Waals surface area contributed by atoms with Crippen molar-refractivity contribution < 1.29 is 4.79 Å². The molecule has 2 nitrogen and oxygen atoms in total. The summed E-state index contributed by atoms with van der Waals surface area (Å²) in [6.07, 6.45) is 4.17. The summed E-state index contributed by atoms with van der Waals surface area (Å²) in [5.74, 6) is 0.798. The summed E-state index contributed by atoms with van der Waals surface area (Å²) in [6.45, 7) is 9.77. The molecule has 0 N–H and O–H groups in total. The predicted molar refractivity (Wildman–Crippen MR) is 56.9 cm³/mol. The van der Waals surface area contributed by atoms with Crippen molar-refractivity contribution in [3.8, 4) is 0 Å². The van der Waals surface area contributed by atoms with Crippen LogP contribution in [0.1, 0.15) is 40.0 Å². The summed E-state index contributed by atoms with van der Waals surface area (Å²) in [4.78, 5) is 12.6. The average Bonchev–Trinajstić information content (AvgIpc) is 2.19. The van der Waals surface area contributed by atoms with Gasteiger partial charge in [-0.2, -0.15) is 0 Å². The molecule has 0 saturated heterocycles. The minimum absolute atomic E-state index is 0.675. The van der Waals surface area contributed by atoms with Gasteiger partial charge in [0.2, 0.25) is 0 Å². The van der Waals surface area contributed by atoms with Crippen LogP contribution in [0.4, 0.5) is 0 Å². The van der Waals surface area contributed by atoms with Crippen molar-refractivity contribution in [3.63, 3.8) is 0 Å². The van der Waals surface area contributed by atoms with E-state index in [4.69, 9.17) is 0 Å². The van der Waals surface area contributed by atoms with Crippen LogP contribution in [0.2, 0.25) is 0 Å². The van der Waals surface area contributed by atoms with Crippen molar-refractivity contribution in [1.82, 2.24) is 4.90 Å². The van der Waals surface area contributed by atoms with Gasteiger partial charge < -0.3 is 9.69 Å². The van der Waals surface area contributed by atoms with Gasteiger partial charge in [0.05, 0.1) is 0 Å². The molecule has 0 saturated carbocycles. The first-order chi connectivity index (χ1) is 6.28. The topological polar surface area (TPSA) is 20.3 Å². The number of hydrogen-bond donors (Lipinski definition) is 0. The second kappa shape index (κ2) is 8.24. The maximum atomic E-state index is 10.2. The number of rotatable bonds is 8. The van der Waals surface area contributed by atoms with Crippen molar-refractivity contribution in [3.05, 3.63) is 0 Å². The number of nitrogens with zero attached hydrogens (tertiary/aromatic N) is 1. The van der Waals surface area contributed by atoms with Gasteiger partial charge >= 0.3 is 0 Å². The van der Waals surface area contributed by atoms with Gasteiger partial charge in [0, 0.05) is 19.5 Å². The van der Waals surface area contributed by atoms with E-state index in [-0.39, 0.29) is 0 Å². The number of hydrogen-bond acceptors (Lipinski definition) is 2. The van der Waals surface area contributed by atoms with E-state index in [1.165, 1.54) is 12.8 Å². The molecule has 2 heteroatoms. The van der Waals surface area contributed by atoms with E-state index < -0.39 is 0 Å². The van der Waals surface area contributed by atoms with Crippen LogP contribution in [0, 0.1) is 5.92 Å². The molecule has 0 aliphatic rings. The fourth-order valence-corrected chi connectivity index (χ4v) is 1.53. The summed E-state index contributed by atoms with van der Waals surface area (Å²) in [6, 6.07) is 0. The summed E-state index contributed by atoms with van der Waals surface area (Å²) in [7, 11) is 0. The maximum Gasteiger partial charge on any atom is 0.121 e. The molecule has 0 radical (unpaired) electrons. The Morgan fingerprint density at radius 2 is 1.85 bits per heavy atom. The Morgan fingerprint density at radius 1 is 1.23 bits per heavy atom. The van der Waals surface area contributed by atoms with Crippen molar-refractivity contribution in [2.75, 3.05) is 19.6 Å². The van der Waals surface area contributed by atoms with Crippen LogP contribution in [0.15, 0.2) is 0 Å². The Labute approximate surface area is 82.3 Å². The molecule has 0 rings (SSSR count).